The van der Waals surface area contributed by atoms with Crippen molar-refractivity contribution in [3.05, 3.63) is 71.1 Å². The molecule has 0 fully saturated rings. The third-order valence-corrected chi connectivity index (χ3v) is 5.94. The van der Waals surface area contributed by atoms with Crippen molar-refractivity contribution in [1.82, 2.24) is 14.8 Å². The molecule has 6 nitrogen and oxygen atoms in total. The van der Waals surface area contributed by atoms with E-state index >= 15 is 0 Å². The van der Waals surface area contributed by atoms with Crippen molar-refractivity contribution in [2.45, 2.75) is 52.1 Å². The van der Waals surface area contributed by atoms with Crippen LogP contribution in [0.1, 0.15) is 35.9 Å². The summed E-state index contributed by atoms with van der Waals surface area (Å²) >= 11 is 0. The van der Waals surface area contributed by atoms with Gasteiger partial charge in [-0.05, 0) is 68.9 Å². The largest absolute Gasteiger partial charge is 0.361 e. The van der Waals surface area contributed by atoms with Gasteiger partial charge in [0.2, 0.25) is 5.91 Å². The molecule has 1 atom stereocenters. The van der Waals surface area contributed by atoms with Gasteiger partial charge in [0.1, 0.15) is 11.9 Å². The molecular weight excluding hydrogens is 425 g/mol. The predicted molar refractivity (Wildman–Crippen MR) is 130 cm³/mol. The SMILES string of the molecule is Cc1nc(CCc2cnn(CCCc3ccc(F)cc3)c2)cc2c1NC(=O)[C@H](C)N2C.S. The molecule has 0 bridgehead atoms. The number of likely N-dealkylation sites (N-methyl/N-ethyl adjacent to an activating group) is 1. The first-order valence-corrected chi connectivity index (χ1v) is 10.7. The average molecular weight is 456 g/mol. The van der Waals surface area contributed by atoms with Crippen LogP contribution >= 0.6 is 13.5 Å². The molecule has 32 heavy (non-hydrogen) atoms. The van der Waals surface area contributed by atoms with E-state index in [-0.39, 0.29) is 31.3 Å². The van der Waals surface area contributed by atoms with Gasteiger partial charge in [0, 0.05) is 25.5 Å². The van der Waals surface area contributed by atoms with E-state index in [4.69, 9.17) is 4.98 Å². The number of carbonyl (C=O) groups excluding carboxylic acids is 1. The fourth-order valence-corrected chi connectivity index (χ4v) is 3.92. The summed E-state index contributed by atoms with van der Waals surface area (Å²) in [4.78, 5) is 18.8. The Labute approximate surface area is 195 Å². The van der Waals surface area contributed by atoms with E-state index in [1.165, 1.54) is 17.7 Å². The average Bonchev–Trinajstić information content (AvgIpc) is 3.21. The Hall–Kier alpha value is -2.87. The Bertz CT molecular complexity index is 1080. The lowest BCUT2D eigenvalue weighted by molar-refractivity contribution is -0.117. The first-order valence-electron chi connectivity index (χ1n) is 10.7. The number of nitrogens with one attached hydrogen (secondary N) is 1. The van der Waals surface area contributed by atoms with Crippen LogP contribution in [0.4, 0.5) is 15.8 Å². The molecule has 1 aliphatic rings. The summed E-state index contributed by atoms with van der Waals surface area (Å²) in [6.45, 7) is 4.67. The van der Waals surface area contributed by atoms with E-state index in [2.05, 4.69) is 22.7 Å². The van der Waals surface area contributed by atoms with Crippen molar-refractivity contribution in [3.63, 3.8) is 0 Å². The van der Waals surface area contributed by atoms with Gasteiger partial charge >= 0.3 is 0 Å². The Morgan fingerprint density at radius 3 is 2.62 bits per heavy atom. The first-order chi connectivity index (χ1) is 14.9. The van der Waals surface area contributed by atoms with Gasteiger partial charge in [0.25, 0.3) is 0 Å². The lowest BCUT2D eigenvalue weighted by Gasteiger charge is -2.34. The van der Waals surface area contributed by atoms with Gasteiger partial charge in [-0.25, -0.2) is 4.39 Å². The molecular formula is C24H30FN5OS. The number of anilines is 2. The molecule has 0 radical (unpaired) electrons. The van der Waals surface area contributed by atoms with Gasteiger partial charge in [-0.1, -0.05) is 12.1 Å². The van der Waals surface area contributed by atoms with E-state index in [0.717, 1.165) is 60.6 Å². The molecule has 1 aliphatic heterocycles. The summed E-state index contributed by atoms with van der Waals surface area (Å²) in [7, 11) is 1.95. The third kappa shape index (κ3) is 5.30. The first kappa shape index (κ1) is 23.8. The molecule has 3 heterocycles. The summed E-state index contributed by atoms with van der Waals surface area (Å²) in [5.41, 5.74) is 5.99. The lowest BCUT2D eigenvalue weighted by atomic mass is 10.1. The fourth-order valence-electron chi connectivity index (χ4n) is 3.92. The van der Waals surface area contributed by atoms with Crippen LogP contribution in [0.3, 0.4) is 0 Å². The lowest BCUT2D eigenvalue weighted by Crippen LogP contribution is -2.44. The van der Waals surface area contributed by atoms with E-state index < -0.39 is 0 Å². The molecule has 0 spiro atoms. The zero-order valence-electron chi connectivity index (χ0n) is 18.7. The molecule has 8 heteroatoms. The molecule has 0 saturated heterocycles. The number of halogens is 1. The molecule has 1 amide bonds. The number of hydrogen-bond donors (Lipinski definition) is 1. The van der Waals surface area contributed by atoms with Crippen molar-refractivity contribution in [2.24, 2.45) is 0 Å². The molecule has 4 rings (SSSR count). The van der Waals surface area contributed by atoms with Gasteiger partial charge in [-0.3, -0.25) is 14.5 Å². The Morgan fingerprint density at radius 1 is 1.12 bits per heavy atom. The van der Waals surface area contributed by atoms with Crippen LogP contribution in [0.2, 0.25) is 0 Å². The molecule has 2 aromatic heterocycles. The normalized spacial score (nSPS) is 15.2. The van der Waals surface area contributed by atoms with Gasteiger partial charge < -0.3 is 10.2 Å². The second-order valence-electron chi connectivity index (χ2n) is 8.21. The summed E-state index contributed by atoms with van der Waals surface area (Å²) in [6.07, 6.45) is 7.52. The van der Waals surface area contributed by atoms with E-state index in [1.807, 2.05) is 48.8 Å². The fraction of sp³-hybridized carbons (Fsp3) is 0.375. The van der Waals surface area contributed by atoms with Crippen LogP contribution < -0.4 is 10.2 Å². The number of hydrogen-bond acceptors (Lipinski definition) is 4. The van der Waals surface area contributed by atoms with Crippen LogP contribution in [-0.4, -0.2) is 33.8 Å². The number of aryl methyl sites for hydroxylation is 5. The standard InChI is InChI=1S/C24H28FN5O.H2S/c1-16-23-22(29(3)17(2)24(31)28-23)13-21(27-16)11-8-19-14-26-30(15-19)12-4-5-18-6-9-20(25)10-7-18;/h6-7,9-10,13-15,17H,4-5,8,11-12H2,1-3H3,(H,28,31);1H2/t17-;/m0./s1. The maximum Gasteiger partial charge on any atom is 0.246 e. The predicted octanol–water partition coefficient (Wildman–Crippen LogP) is 4.03. The topological polar surface area (TPSA) is 63.1 Å². The Morgan fingerprint density at radius 2 is 1.88 bits per heavy atom. The smallest absolute Gasteiger partial charge is 0.246 e. The molecule has 0 unspecified atom stereocenters. The van der Waals surface area contributed by atoms with Crippen molar-refractivity contribution in [2.75, 3.05) is 17.3 Å². The van der Waals surface area contributed by atoms with Crippen LogP contribution in [0.15, 0.2) is 42.7 Å². The van der Waals surface area contributed by atoms with Gasteiger partial charge in [0.05, 0.1) is 23.3 Å². The van der Waals surface area contributed by atoms with E-state index in [0.29, 0.717) is 0 Å². The van der Waals surface area contributed by atoms with Crippen molar-refractivity contribution in [1.29, 1.82) is 0 Å². The van der Waals surface area contributed by atoms with E-state index in [1.54, 1.807) is 0 Å². The monoisotopic (exact) mass is 455 g/mol. The highest BCUT2D eigenvalue weighted by molar-refractivity contribution is 7.59. The zero-order valence-corrected chi connectivity index (χ0v) is 19.7. The molecule has 0 saturated carbocycles. The number of aromatic nitrogens is 3. The van der Waals surface area contributed by atoms with Gasteiger partial charge in [-0.15, -0.1) is 0 Å². The van der Waals surface area contributed by atoms with Gasteiger partial charge in [0.15, 0.2) is 0 Å². The Balaban J connectivity index is 0.00000289. The second-order valence-corrected chi connectivity index (χ2v) is 8.21. The van der Waals surface area contributed by atoms with Gasteiger partial charge in [-0.2, -0.15) is 18.6 Å². The molecule has 0 aliphatic carbocycles. The van der Waals surface area contributed by atoms with Crippen molar-refractivity contribution >= 4 is 30.8 Å². The highest BCUT2D eigenvalue weighted by Crippen LogP contribution is 2.33. The molecule has 1 N–H and O–H groups in total. The Kier molecular flexibility index (Phi) is 7.56. The van der Waals surface area contributed by atoms with Crippen LogP contribution in [0.5, 0.6) is 0 Å². The minimum atomic E-state index is -0.199. The summed E-state index contributed by atoms with van der Waals surface area (Å²) in [5, 5.41) is 7.44. The van der Waals surface area contributed by atoms with Crippen molar-refractivity contribution < 1.29 is 9.18 Å². The number of carbonyl (C=O) groups is 1. The van der Waals surface area contributed by atoms with Crippen LogP contribution in [0.25, 0.3) is 0 Å². The number of amides is 1. The minimum Gasteiger partial charge on any atom is -0.361 e. The van der Waals surface area contributed by atoms with Crippen LogP contribution in [0, 0.1) is 12.7 Å². The number of benzene rings is 1. The quantitative estimate of drug-likeness (QED) is 0.584. The minimum absolute atomic E-state index is 0. The van der Waals surface area contributed by atoms with Crippen molar-refractivity contribution in [3.8, 4) is 0 Å². The summed E-state index contributed by atoms with van der Waals surface area (Å²) < 4.78 is 15.0. The van der Waals surface area contributed by atoms with E-state index in [9.17, 15) is 9.18 Å². The molecule has 170 valence electrons. The maximum atomic E-state index is 13.0. The number of nitrogens with zero attached hydrogens (tertiary/aromatic N) is 4. The molecule has 1 aromatic carbocycles. The highest BCUT2D eigenvalue weighted by Gasteiger charge is 2.28. The molecule has 3 aromatic rings. The second kappa shape index (κ2) is 10.2. The highest BCUT2D eigenvalue weighted by atomic mass is 32.1. The number of fused-ring (bicyclic) bond motifs is 1. The third-order valence-electron chi connectivity index (χ3n) is 5.94. The maximum absolute atomic E-state index is 13.0. The zero-order chi connectivity index (χ0) is 22.0. The van der Waals surface area contributed by atoms with Crippen LogP contribution in [-0.2, 0) is 30.6 Å². The number of pyridine rings is 1. The number of rotatable bonds is 7. The summed E-state index contributed by atoms with van der Waals surface area (Å²) in [6, 6.07) is 8.55. The summed E-state index contributed by atoms with van der Waals surface area (Å²) in [5.74, 6) is -0.200.